The van der Waals surface area contributed by atoms with Crippen molar-refractivity contribution in [2.75, 3.05) is 39.5 Å². The molecular formula is C30H35F3N4O3. The highest BCUT2D eigenvalue weighted by Gasteiger charge is 2.37. The van der Waals surface area contributed by atoms with E-state index in [1.165, 1.54) is 11.1 Å². The molecule has 2 aliphatic rings. The lowest BCUT2D eigenvalue weighted by molar-refractivity contribution is -0.151. The van der Waals surface area contributed by atoms with E-state index in [1.54, 1.807) is 4.68 Å². The molecular weight excluding hydrogens is 521 g/mol. The molecule has 0 amide bonds. The van der Waals surface area contributed by atoms with Crippen molar-refractivity contribution in [1.29, 1.82) is 0 Å². The summed E-state index contributed by atoms with van der Waals surface area (Å²) in [4.78, 5) is 19.4. The third-order valence-corrected chi connectivity index (χ3v) is 7.70. The second-order valence-electron chi connectivity index (χ2n) is 10.6. The van der Waals surface area contributed by atoms with E-state index < -0.39 is 24.4 Å². The molecule has 3 aromatic rings. The minimum atomic E-state index is -0.991. The summed E-state index contributed by atoms with van der Waals surface area (Å²) < 4.78 is 48.6. The topological polar surface area (TPSA) is 68.6 Å². The molecule has 2 atom stereocenters. The fourth-order valence-corrected chi connectivity index (χ4v) is 5.51. The highest BCUT2D eigenvalue weighted by atomic mass is 19.2. The van der Waals surface area contributed by atoms with Gasteiger partial charge in [0, 0.05) is 30.9 Å². The van der Waals surface area contributed by atoms with E-state index in [-0.39, 0.29) is 31.1 Å². The first-order chi connectivity index (χ1) is 19.4. The van der Waals surface area contributed by atoms with Crippen LogP contribution in [-0.2, 0) is 16.1 Å². The van der Waals surface area contributed by atoms with Crippen LogP contribution >= 0.6 is 0 Å². The minimum absolute atomic E-state index is 0.0303. The van der Waals surface area contributed by atoms with E-state index in [1.807, 2.05) is 37.3 Å². The molecule has 2 aliphatic heterocycles. The highest BCUT2D eigenvalue weighted by Crippen LogP contribution is 2.37. The number of aromatic nitrogens is 2. The number of piperidine rings is 1. The standard InChI is InChI=1S/C30H35F3N4O3/c1-20-28(37(24-5-3-2-4-6-24)35-30(20)39-19-21-9-12-34-13-10-21)17-25(38)15-23-18-36(14-11-31)40-29(23)22-7-8-26(32)27(33)16-22/h2-8,16,21,23,29,34H,9-15,17-19H2,1H3/t23-,29+/m1/s1. The van der Waals surface area contributed by atoms with Gasteiger partial charge in [0.2, 0.25) is 5.88 Å². The van der Waals surface area contributed by atoms with Gasteiger partial charge in [0.15, 0.2) is 11.6 Å². The summed E-state index contributed by atoms with van der Waals surface area (Å²) in [5.41, 5.74) is 2.78. The Morgan fingerprint density at radius 1 is 1.12 bits per heavy atom. The molecule has 0 bridgehead atoms. The molecule has 0 aliphatic carbocycles. The average Bonchev–Trinajstić information content (AvgIpc) is 3.50. The van der Waals surface area contributed by atoms with Crippen LogP contribution in [0.15, 0.2) is 48.5 Å². The summed E-state index contributed by atoms with van der Waals surface area (Å²) in [6, 6.07) is 13.2. The predicted molar refractivity (Wildman–Crippen MR) is 144 cm³/mol. The molecule has 2 saturated heterocycles. The number of alkyl halides is 1. The molecule has 0 saturated carbocycles. The third-order valence-electron chi connectivity index (χ3n) is 7.70. The van der Waals surface area contributed by atoms with E-state index in [0.717, 1.165) is 55.0 Å². The molecule has 214 valence electrons. The van der Waals surface area contributed by atoms with Gasteiger partial charge in [-0.1, -0.05) is 24.3 Å². The van der Waals surface area contributed by atoms with Gasteiger partial charge in [-0.25, -0.2) is 17.9 Å². The number of benzene rings is 2. The van der Waals surface area contributed by atoms with Gasteiger partial charge in [0.05, 0.1) is 24.5 Å². The predicted octanol–water partition coefficient (Wildman–Crippen LogP) is 4.91. The number of Topliss-reactive ketones (excluding diaryl/α,β-unsaturated/α-hetero) is 1. The van der Waals surface area contributed by atoms with Crippen LogP contribution in [-0.4, -0.2) is 60.1 Å². The quantitative estimate of drug-likeness (QED) is 0.362. The van der Waals surface area contributed by atoms with Crippen LogP contribution in [0.1, 0.15) is 42.2 Å². The summed E-state index contributed by atoms with van der Waals surface area (Å²) in [6.45, 7) is 4.15. The van der Waals surface area contributed by atoms with Gasteiger partial charge < -0.3 is 10.1 Å². The van der Waals surface area contributed by atoms with Gasteiger partial charge in [-0.05, 0) is 68.6 Å². The lowest BCUT2D eigenvalue weighted by Gasteiger charge is -2.22. The molecule has 0 spiro atoms. The third kappa shape index (κ3) is 6.56. The van der Waals surface area contributed by atoms with E-state index in [2.05, 4.69) is 5.32 Å². The Bertz CT molecular complexity index is 1300. The van der Waals surface area contributed by atoms with Gasteiger partial charge >= 0.3 is 0 Å². The number of carbonyl (C=O) groups is 1. The van der Waals surface area contributed by atoms with Crippen LogP contribution in [0.5, 0.6) is 5.88 Å². The van der Waals surface area contributed by atoms with Crippen molar-refractivity contribution in [3.05, 3.63) is 77.0 Å². The number of hydrogen-bond acceptors (Lipinski definition) is 6. The molecule has 3 heterocycles. The second kappa shape index (κ2) is 13.0. The fraction of sp³-hybridized carbons (Fsp3) is 0.467. The highest BCUT2D eigenvalue weighted by molar-refractivity contribution is 5.81. The first-order valence-electron chi connectivity index (χ1n) is 13.8. The number of carbonyl (C=O) groups excluding carboxylic acids is 1. The Labute approximate surface area is 232 Å². The van der Waals surface area contributed by atoms with Crippen LogP contribution in [0.2, 0.25) is 0 Å². The Kier molecular flexibility index (Phi) is 9.18. The van der Waals surface area contributed by atoms with Crippen molar-refractivity contribution in [3.63, 3.8) is 0 Å². The molecule has 1 aromatic heterocycles. The summed E-state index contributed by atoms with van der Waals surface area (Å²) >= 11 is 0. The molecule has 7 nitrogen and oxygen atoms in total. The maximum atomic E-state index is 14.0. The number of ether oxygens (including phenoxy) is 1. The number of halogens is 3. The normalized spacial score (nSPS) is 20.2. The maximum absolute atomic E-state index is 14.0. The summed E-state index contributed by atoms with van der Waals surface area (Å²) in [5.74, 6) is -1.40. The molecule has 1 N–H and O–H groups in total. The monoisotopic (exact) mass is 556 g/mol. The van der Waals surface area contributed by atoms with E-state index in [0.29, 0.717) is 30.5 Å². The minimum Gasteiger partial charge on any atom is -0.476 e. The molecule has 40 heavy (non-hydrogen) atoms. The molecule has 2 aromatic carbocycles. The Balaban J connectivity index is 1.35. The number of hydroxylamine groups is 2. The average molecular weight is 557 g/mol. The Morgan fingerprint density at radius 3 is 2.62 bits per heavy atom. The van der Waals surface area contributed by atoms with Crippen molar-refractivity contribution >= 4 is 5.78 Å². The zero-order chi connectivity index (χ0) is 28.1. The van der Waals surface area contributed by atoms with Crippen molar-refractivity contribution < 1.29 is 27.5 Å². The number of nitrogens with one attached hydrogen (secondary N) is 1. The Hall–Kier alpha value is -3.21. The zero-order valence-corrected chi connectivity index (χ0v) is 22.6. The largest absolute Gasteiger partial charge is 0.476 e. The van der Waals surface area contributed by atoms with Gasteiger partial charge in [0.25, 0.3) is 0 Å². The fourth-order valence-electron chi connectivity index (χ4n) is 5.51. The summed E-state index contributed by atoms with van der Waals surface area (Å²) in [7, 11) is 0. The second-order valence-corrected chi connectivity index (χ2v) is 10.6. The van der Waals surface area contributed by atoms with Crippen molar-refractivity contribution in [2.45, 2.75) is 38.7 Å². The lowest BCUT2D eigenvalue weighted by atomic mass is 9.90. The van der Waals surface area contributed by atoms with Gasteiger partial charge in [-0.3, -0.25) is 9.63 Å². The van der Waals surface area contributed by atoms with Gasteiger partial charge in [-0.15, -0.1) is 5.10 Å². The zero-order valence-electron chi connectivity index (χ0n) is 22.6. The molecule has 5 rings (SSSR count). The van der Waals surface area contributed by atoms with Crippen LogP contribution in [0.25, 0.3) is 5.69 Å². The van der Waals surface area contributed by atoms with Gasteiger partial charge in [0.1, 0.15) is 18.6 Å². The number of rotatable bonds is 11. The summed E-state index contributed by atoms with van der Waals surface area (Å²) in [5, 5.41) is 9.56. The Morgan fingerprint density at radius 2 is 1.90 bits per heavy atom. The smallest absolute Gasteiger partial charge is 0.236 e. The van der Waals surface area contributed by atoms with Crippen molar-refractivity contribution in [1.82, 2.24) is 20.2 Å². The number of ketones is 1. The van der Waals surface area contributed by atoms with E-state index >= 15 is 0 Å². The van der Waals surface area contributed by atoms with Gasteiger partial charge in [-0.2, -0.15) is 5.06 Å². The van der Waals surface area contributed by atoms with Crippen molar-refractivity contribution in [2.24, 2.45) is 11.8 Å². The number of para-hydroxylation sites is 1. The lowest BCUT2D eigenvalue weighted by Crippen LogP contribution is -2.30. The van der Waals surface area contributed by atoms with E-state index in [9.17, 15) is 18.0 Å². The first-order valence-corrected chi connectivity index (χ1v) is 13.8. The van der Waals surface area contributed by atoms with Crippen LogP contribution in [0, 0.1) is 30.4 Å². The number of nitrogens with zero attached hydrogens (tertiary/aromatic N) is 3. The molecule has 0 radical (unpaired) electrons. The van der Waals surface area contributed by atoms with E-state index in [4.69, 9.17) is 14.7 Å². The van der Waals surface area contributed by atoms with Crippen molar-refractivity contribution in [3.8, 4) is 11.6 Å². The van der Waals surface area contributed by atoms with Crippen LogP contribution in [0.4, 0.5) is 13.2 Å². The molecule has 10 heteroatoms. The first kappa shape index (κ1) is 28.3. The number of hydrogen-bond donors (Lipinski definition) is 1. The van der Waals surface area contributed by atoms with Crippen LogP contribution in [0.3, 0.4) is 0 Å². The molecule has 2 fully saturated rings. The maximum Gasteiger partial charge on any atom is 0.236 e. The van der Waals surface area contributed by atoms with Crippen LogP contribution < -0.4 is 10.1 Å². The molecule has 0 unspecified atom stereocenters. The SMILES string of the molecule is Cc1c(OCC2CCNCC2)nn(-c2ccccc2)c1CC(=O)C[C@@H]1CN(CCF)O[C@H]1c1ccc(F)c(F)c1. The summed E-state index contributed by atoms with van der Waals surface area (Å²) in [6.07, 6.45) is 1.64.